The fourth-order valence-electron chi connectivity index (χ4n) is 3.42. The maximum absolute atomic E-state index is 9.83. The molecule has 4 heteroatoms. The molecule has 2 nitrogen and oxygen atoms in total. The summed E-state index contributed by atoms with van der Waals surface area (Å²) in [5.74, 6) is 0.486. The third-order valence-electron chi connectivity index (χ3n) is 5.64. The Labute approximate surface area is 183 Å². The van der Waals surface area contributed by atoms with Crippen LogP contribution in [0.15, 0.2) is 69.6 Å². The predicted molar refractivity (Wildman–Crippen MR) is 122 cm³/mol. The average molecular weight is 504 g/mol. The molecule has 0 spiro atoms. The summed E-state index contributed by atoms with van der Waals surface area (Å²) in [6, 6.07) is 20.0. The van der Waals surface area contributed by atoms with Crippen LogP contribution in [0.25, 0.3) is 0 Å². The molecule has 0 aromatic heterocycles. The van der Waals surface area contributed by atoms with E-state index in [2.05, 4.69) is 83.8 Å². The monoisotopic (exact) mass is 502 g/mol. The van der Waals surface area contributed by atoms with Gasteiger partial charge in [-0.25, -0.2) is 0 Å². The van der Waals surface area contributed by atoms with E-state index in [-0.39, 0.29) is 22.3 Å². The van der Waals surface area contributed by atoms with Crippen LogP contribution < -0.4 is 0 Å². The van der Waals surface area contributed by atoms with Gasteiger partial charge in [0, 0.05) is 10.8 Å². The minimum Gasteiger partial charge on any atom is -0.507 e. The molecule has 0 amide bonds. The first-order valence-electron chi connectivity index (χ1n) is 9.12. The zero-order chi connectivity index (χ0) is 20.7. The van der Waals surface area contributed by atoms with Gasteiger partial charge in [0.2, 0.25) is 0 Å². The number of halogens is 2. The average Bonchev–Trinajstić information content (AvgIpc) is 2.66. The SMILES string of the molecule is CC(C)(c1cccc(C(C)(C)c2ccc(O)c(Br)c2)c1)c1ccc(O)c(Br)c1. The number of hydrogen-bond donors (Lipinski definition) is 2. The zero-order valence-electron chi connectivity index (χ0n) is 16.4. The normalized spacial score (nSPS) is 12.2. The highest BCUT2D eigenvalue weighted by Gasteiger charge is 2.28. The lowest BCUT2D eigenvalue weighted by Gasteiger charge is -2.31. The van der Waals surface area contributed by atoms with Crippen molar-refractivity contribution in [1.82, 2.24) is 0 Å². The van der Waals surface area contributed by atoms with Crippen LogP contribution in [0, 0.1) is 0 Å². The highest BCUT2D eigenvalue weighted by molar-refractivity contribution is 9.10. The number of phenolic OH excluding ortho intramolecular Hbond substituents is 2. The van der Waals surface area contributed by atoms with Gasteiger partial charge in [0.15, 0.2) is 0 Å². The van der Waals surface area contributed by atoms with E-state index >= 15 is 0 Å². The van der Waals surface area contributed by atoms with E-state index in [0.717, 1.165) is 11.1 Å². The van der Waals surface area contributed by atoms with Crippen LogP contribution in [-0.2, 0) is 10.8 Å². The molecule has 0 saturated heterocycles. The van der Waals surface area contributed by atoms with Gasteiger partial charge in [0.25, 0.3) is 0 Å². The number of phenols is 2. The summed E-state index contributed by atoms with van der Waals surface area (Å²) in [6.07, 6.45) is 0. The number of hydrogen-bond acceptors (Lipinski definition) is 2. The van der Waals surface area contributed by atoms with Gasteiger partial charge in [-0.3, -0.25) is 0 Å². The smallest absolute Gasteiger partial charge is 0.129 e. The van der Waals surface area contributed by atoms with E-state index in [9.17, 15) is 10.2 Å². The van der Waals surface area contributed by atoms with Gasteiger partial charge < -0.3 is 10.2 Å². The fourth-order valence-corrected chi connectivity index (χ4v) is 4.18. The van der Waals surface area contributed by atoms with E-state index in [1.807, 2.05) is 24.3 Å². The molecule has 146 valence electrons. The van der Waals surface area contributed by atoms with Gasteiger partial charge in [-0.15, -0.1) is 0 Å². The number of aromatic hydroxyl groups is 2. The molecule has 2 N–H and O–H groups in total. The van der Waals surface area contributed by atoms with E-state index in [1.54, 1.807) is 12.1 Å². The van der Waals surface area contributed by atoms with E-state index in [4.69, 9.17) is 0 Å². The predicted octanol–water partition coefficient (Wildman–Crippen LogP) is 7.27. The van der Waals surface area contributed by atoms with Crippen LogP contribution >= 0.6 is 31.9 Å². The standard InChI is InChI=1S/C24H24Br2O2/c1-23(2,17-8-10-21(27)19(25)13-17)15-6-5-7-16(12-15)24(3,4)18-9-11-22(28)20(26)14-18/h5-14,27-28H,1-4H3. The second kappa shape index (κ2) is 7.57. The fraction of sp³-hybridized carbons (Fsp3) is 0.250. The quantitative estimate of drug-likeness (QED) is 0.392. The second-order valence-electron chi connectivity index (χ2n) is 8.16. The lowest BCUT2D eigenvalue weighted by atomic mass is 9.73. The molecule has 0 aliphatic heterocycles. The maximum atomic E-state index is 9.83. The molecule has 3 aromatic rings. The lowest BCUT2D eigenvalue weighted by Crippen LogP contribution is -2.23. The minimum absolute atomic E-state index is 0.224. The Morgan fingerprint density at radius 2 is 0.929 bits per heavy atom. The summed E-state index contributed by atoms with van der Waals surface area (Å²) in [4.78, 5) is 0. The van der Waals surface area contributed by atoms with Crippen molar-refractivity contribution in [2.45, 2.75) is 38.5 Å². The van der Waals surface area contributed by atoms with Crippen molar-refractivity contribution in [2.75, 3.05) is 0 Å². The first-order valence-corrected chi connectivity index (χ1v) is 10.7. The van der Waals surface area contributed by atoms with Crippen molar-refractivity contribution in [1.29, 1.82) is 0 Å². The minimum atomic E-state index is -0.224. The van der Waals surface area contributed by atoms with Crippen LogP contribution in [0.3, 0.4) is 0 Å². The highest BCUT2D eigenvalue weighted by atomic mass is 79.9. The summed E-state index contributed by atoms with van der Waals surface area (Å²) in [6.45, 7) is 8.76. The van der Waals surface area contributed by atoms with Crippen molar-refractivity contribution in [2.24, 2.45) is 0 Å². The van der Waals surface area contributed by atoms with Gasteiger partial charge in [-0.2, -0.15) is 0 Å². The van der Waals surface area contributed by atoms with Crippen molar-refractivity contribution in [3.8, 4) is 11.5 Å². The van der Waals surface area contributed by atoms with Gasteiger partial charge in [-0.1, -0.05) is 64.1 Å². The Morgan fingerprint density at radius 1 is 0.571 bits per heavy atom. The highest BCUT2D eigenvalue weighted by Crippen LogP contribution is 2.39. The van der Waals surface area contributed by atoms with Crippen LogP contribution in [0.5, 0.6) is 11.5 Å². The van der Waals surface area contributed by atoms with E-state index in [1.165, 1.54) is 11.1 Å². The topological polar surface area (TPSA) is 40.5 Å². The Hall–Kier alpha value is -1.78. The van der Waals surface area contributed by atoms with E-state index in [0.29, 0.717) is 8.95 Å². The summed E-state index contributed by atoms with van der Waals surface area (Å²) in [5.41, 5.74) is 4.21. The Balaban J connectivity index is 2.05. The maximum Gasteiger partial charge on any atom is 0.129 e. The van der Waals surface area contributed by atoms with Crippen molar-refractivity contribution in [3.63, 3.8) is 0 Å². The van der Waals surface area contributed by atoms with Crippen LogP contribution in [0.4, 0.5) is 0 Å². The van der Waals surface area contributed by atoms with Crippen molar-refractivity contribution in [3.05, 3.63) is 91.9 Å². The molecule has 3 aromatic carbocycles. The van der Waals surface area contributed by atoms with Gasteiger partial charge >= 0.3 is 0 Å². The summed E-state index contributed by atoms with van der Waals surface area (Å²) in [5, 5.41) is 19.7. The van der Waals surface area contributed by atoms with Crippen LogP contribution in [-0.4, -0.2) is 10.2 Å². The molecule has 0 unspecified atom stereocenters. The molecule has 0 heterocycles. The third kappa shape index (κ3) is 3.85. The molecule has 0 bridgehead atoms. The van der Waals surface area contributed by atoms with Gasteiger partial charge in [0.1, 0.15) is 11.5 Å². The summed E-state index contributed by atoms with van der Waals surface area (Å²) >= 11 is 6.85. The first kappa shape index (κ1) is 20.9. The van der Waals surface area contributed by atoms with Crippen LogP contribution in [0.2, 0.25) is 0 Å². The number of rotatable bonds is 4. The summed E-state index contributed by atoms with van der Waals surface area (Å²) in [7, 11) is 0. The molecule has 0 radical (unpaired) electrons. The summed E-state index contributed by atoms with van der Waals surface area (Å²) < 4.78 is 1.40. The van der Waals surface area contributed by atoms with E-state index < -0.39 is 0 Å². The molecule has 0 atom stereocenters. The van der Waals surface area contributed by atoms with Crippen LogP contribution in [0.1, 0.15) is 49.9 Å². The number of benzene rings is 3. The molecule has 0 aliphatic rings. The zero-order valence-corrected chi connectivity index (χ0v) is 19.6. The first-order chi connectivity index (χ1) is 13.0. The molecule has 0 saturated carbocycles. The van der Waals surface area contributed by atoms with Crippen molar-refractivity contribution < 1.29 is 10.2 Å². The molecule has 28 heavy (non-hydrogen) atoms. The molecule has 3 rings (SSSR count). The lowest BCUT2D eigenvalue weighted by molar-refractivity contribution is 0.470. The third-order valence-corrected chi connectivity index (χ3v) is 6.92. The molecule has 0 fully saturated rings. The Bertz CT molecular complexity index is 944. The van der Waals surface area contributed by atoms with Crippen molar-refractivity contribution >= 4 is 31.9 Å². The molecule has 0 aliphatic carbocycles. The molecular formula is C24H24Br2O2. The second-order valence-corrected chi connectivity index (χ2v) is 9.87. The Kier molecular flexibility index (Phi) is 5.66. The Morgan fingerprint density at radius 3 is 1.29 bits per heavy atom. The molecular weight excluding hydrogens is 480 g/mol. The van der Waals surface area contributed by atoms with Gasteiger partial charge in [0.05, 0.1) is 8.95 Å². The largest absolute Gasteiger partial charge is 0.507 e. The van der Waals surface area contributed by atoms with Gasteiger partial charge in [-0.05, 0) is 78.4 Å².